The number of alkyl halides is 3. The van der Waals surface area contributed by atoms with Crippen molar-refractivity contribution in [2.75, 3.05) is 0 Å². The van der Waals surface area contributed by atoms with Gasteiger partial charge in [-0.15, -0.1) is 10.2 Å². The Bertz CT molecular complexity index is 1020. The number of nitrogens with zero attached hydrogens (tertiary/aromatic N) is 3. The molecule has 0 atom stereocenters. The van der Waals surface area contributed by atoms with Crippen LogP contribution in [0.1, 0.15) is 17.0 Å². The van der Waals surface area contributed by atoms with Gasteiger partial charge in [0.25, 0.3) is 0 Å². The summed E-state index contributed by atoms with van der Waals surface area (Å²) < 4.78 is 39.9. The number of aromatic nitrogens is 3. The number of amides is 1. The Kier molecular flexibility index (Phi) is 5.50. The van der Waals surface area contributed by atoms with Crippen molar-refractivity contribution in [3.05, 3.63) is 62.5 Å². The first-order valence-electron chi connectivity index (χ1n) is 7.46. The minimum Gasteiger partial charge on any atom is -0.348 e. The third-order valence-electron chi connectivity index (χ3n) is 3.65. The van der Waals surface area contributed by atoms with Gasteiger partial charge >= 0.3 is 6.18 Å². The van der Waals surface area contributed by atoms with Crippen molar-refractivity contribution in [2.24, 2.45) is 0 Å². The Morgan fingerprint density at radius 2 is 1.81 bits per heavy atom. The van der Waals surface area contributed by atoms with E-state index < -0.39 is 11.7 Å². The lowest BCUT2D eigenvalue weighted by Crippen LogP contribution is -2.25. The Labute approximate surface area is 166 Å². The quantitative estimate of drug-likeness (QED) is 0.651. The minimum atomic E-state index is -4.57. The van der Waals surface area contributed by atoms with Crippen LogP contribution >= 0.6 is 34.8 Å². The Balaban J connectivity index is 1.75. The molecule has 0 bridgehead atoms. The summed E-state index contributed by atoms with van der Waals surface area (Å²) in [7, 11) is 0. The van der Waals surface area contributed by atoms with Crippen molar-refractivity contribution in [2.45, 2.75) is 19.1 Å². The van der Waals surface area contributed by atoms with Gasteiger partial charge in [-0.05, 0) is 23.8 Å². The van der Waals surface area contributed by atoms with Gasteiger partial charge < -0.3 is 5.32 Å². The maximum Gasteiger partial charge on any atom is 0.417 e. The minimum absolute atomic E-state index is 0.0161. The number of carbonyl (C=O) groups excluding carboxylic acids is 1. The molecule has 2 heterocycles. The number of fused-ring (bicyclic) bond motifs is 1. The van der Waals surface area contributed by atoms with Gasteiger partial charge in [-0.25, -0.2) is 0 Å². The molecule has 0 saturated heterocycles. The maximum absolute atomic E-state index is 12.9. The van der Waals surface area contributed by atoms with E-state index in [9.17, 15) is 18.0 Å². The van der Waals surface area contributed by atoms with Crippen molar-refractivity contribution < 1.29 is 18.0 Å². The first-order chi connectivity index (χ1) is 12.6. The second kappa shape index (κ2) is 7.53. The van der Waals surface area contributed by atoms with Crippen molar-refractivity contribution in [3.63, 3.8) is 0 Å². The van der Waals surface area contributed by atoms with Gasteiger partial charge in [0.1, 0.15) is 0 Å². The number of rotatable bonds is 4. The predicted octanol–water partition coefficient (Wildman–Crippen LogP) is 4.57. The van der Waals surface area contributed by atoms with Crippen LogP contribution in [0, 0.1) is 0 Å². The van der Waals surface area contributed by atoms with E-state index >= 15 is 0 Å². The van der Waals surface area contributed by atoms with Crippen LogP contribution in [0.5, 0.6) is 0 Å². The molecule has 1 N–H and O–H groups in total. The summed E-state index contributed by atoms with van der Waals surface area (Å²) in [4.78, 5) is 12.1. The molecule has 2 aromatic heterocycles. The highest BCUT2D eigenvalue weighted by Gasteiger charge is 2.32. The van der Waals surface area contributed by atoms with E-state index in [-0.39, 0.29) is 35.4 Å². The molecule has 3 rings (SSSR count). The molecule has 1 amide bonds. The number of hydrogen-bond acceptors (Lipinski definition) is 3. The Morgan fingerprint density at radius 3 is 2.48 bits per heavy atom. The summed E-state index contributed by atoms with van der Waals surface area (Å²) in [5.74, 6) is -0.260. The van der Waals surface area contributed by atoms with Gasteiger partial charge in [-0.1, -0.05) is 40.9 Å². The van der Waals surface area contributed by atoms with Gasteiger partial charge in [-0.2, -0.15) is 13.2 Å². The third-order valence-corrected chi connectivity index (χ3v) is 4.67. The molecule has 5 nitrogen and oxygen atoms in total. The van der Waals surface area contributed by atoms with Crippen LogP contribution in [0.4, 0.5) is 13.2 Å². The molecule has 0 aliphatic heterocycles. The second-order valence-corrected chi connectivity index (χ2v) is 6.81. The average molecular weight is 438 g/mol. The fourth-order valence-corrected chi connectivity index (χ4v) is 2.92. The van der Waals surface area contributed by atoms with Crippen LogP contribution in [0.25, 0.3) is 5.65 Å². The normalized spacial score (nSPS) is 11.8. The van der Waals surface area contributed by atoms with E-state index in [4.69, 9.17) is 34.8 Å². The zero-order valence-electron chi connectivity index (χ0n) is 13.3. The summed E-state index contributed by atoms with van der Waals surface area (Å²) >= 11 is 17.6. The number of pyridine rings is 1. The third kappa shape index (κ3) is 4.45. The number of carbonyl (C=O) groups is 1. The van der Waals surface area contributed by atoms with Gasteiger partial charge in [0, 0.05) is 6.20 Å². The fourth-order valence-electron chi connectivity index (χ4n) is 2.35. The molecule has 0 unspecified atom stereocenters. The summed E-state index contributed by atoms with van der Waals surface area (Å²) in [6.45, 7) is -0.126. The topological polar surface area (TPSA) is 59.3 Å². The Hall–Kier alpha value is -2.03. The van der Waals surface area contributed by atoms with Crippen LogP contribution in [-0.2, 0) is 23.9 Å². The zero-order chi connectivity index (χ0) is 19.8. The maximum atomic E-state index is 12.9. The summed E-state index contributed by atoms with van der Waals surface area (Å²) in [5.41, 5.74) is -0.239. The van der Waals surface area contributed by atoms with E-state index in [1.807, 2.05) is 0 Å². The van der Waals surface area contributed by atoms with E-state index in [1.165, 1.54) is 0 Å². The lowest BCUT2D eigenvalue weighted by Gasteiger charge is -2.09. The van der Waals surface area contributed by atoms with Crippen molar-refractivity contribution in [1.82, 2.24) is 19.9 Å². The highest BCUT2D eigenvalue weighted by Crippen LogP contribution is 2.32. The van der Waals surface area contributed by atoms with Crippen molar-refractivity contribution in [3.8, 4) is 0 Å². The van der Waals surface area contributed by atoms with Crippen LogP contribution in [0.2, 0.25) is 15.1 Å². The van der Waals surface area contributed by atoms with Crippen molar-refractivity contribution >= 4 is 46.4 Å². The highest BCUT2D eigenvalue weighted by atomic mass is 35.5. The van der Waals surface area contributed by atoms with E-state index in [0.717, 1.165) is 16.7 Å². The van der Waals surface area contributed by atoms with Crippen LogP contribution < -0.4 is 5.32 Å². The van der Waals surface area contributed by atoms with Crippen LogP contribution in [-0.4, -0.2) is 20.5 Å². The highest BCUT2D eigenvalue weighted by molar-refractivity contribution is 6.42. The smallest absolute Gasteiger partial charge is 0.348 e. The van der Waals surface area contributed by atoms with Gasteiger partial charge in [-0.3, -0.25) is 9.20 Å². The average Bonchev–Trinajstić information content (AvgIpc) is 2.99. The lowest BCUT2D eigenvalue weighted by molar-refractivity contribution is -0.137. The van der Waals surface area contributed by atoms with Gasteiger partial charge in [0.2, 0.25) is 5.91 Å². The molecule has 0 saturated carbocycles. The van der Waals surface area contributed by atoms with E-state index in [1.54, 1.807) is 18.2 Å². The second-order valence-electron chi connectivity index (χ2n) is 5.59. The molecule has 0 radical (unpaired) electrons. The zero-order valence-corrected chi connectivity index (χ0v) is 15.6. The van der Waals surface area contributed by atoms with Crippen LogP contribution in [0.15, 0.2) is 30.5 Å². The molecule has 11 heteroatoms. The molecule has 0 aliphatic rings. The van der Waals surface area contributed by atoms with Crippen molar-refractivity contribution in [1.29, 1.82) is 0 Å². The molecular formula is C16H10Cl3F3N4O. The molecule has 0 fully saturated rings. The summed E-state index contributed by atoms with van der Waals surface area (Å²) in [5, 5.41) is 10.6. The summed E-state index contributed by atoms with van der Waals surface area (Å²) in [6.07, 6.45) is -3.72. The summed E-state index contributed by atoms with van der Waals surface area (Å²) in [6, 6.07) is 5.55. The number of benzene rings is 1. The van der Waals surface area contributed by atoms with Gasteiger partial charge in [0.15, 0.2) is 11.5 Å². The standard InChI is InChI=1S/C16H10Cl3F3N4O/c17-10-2-1-8(3-11(10)18)4-14(27)23-6-13-24-25-15-12(19)5-9(7-26(13)15)16(20,21)22/h1-3,5,7H,4,6H2,(H,23,27). The SMILES string of the molecule is O=C(Cc1ccc(Cl)c(Cl)c1)NCc1nnc2c(Cl)cc(C(F)(F)F)cn12. The molecule has 1 aromatic carbocycles. The fraction of sp³-hybridized carbons (Fsp3) is 0.188. The molecule has 142 valence electrons. The van der Waals surface area contributed by atoms with E-state index in [2.05, 4.69) is 15.5 Å². The van der Waals surface area contributed by atoms with Crippen LogP contribution in [0.3, 0.4) is 0 Å². The number of halogens is 6. The monoisotopic (exact) mass is 436 g/mol. The molecule has 0 spiro atoms. The first-order valence-corrected chi connectivity index (χ1v) is 8.59. The first kappa shape index (κ1) is 19.7. The Morgan fingerprint density at radius 1 is 1.07 bits per heavy atom. The van der Waals surface area contributed by atoms with E-state index in [0.29, 0.717) is 15.6 Å². The number of nitrogens with one attached hydrogen (secondary N) is 1. The predicted molar refractivity (Wildman–Crippen MR) is 95.0 cm³/mol. The molecule has 27 heavy (non-hydrogen) atoms. The largest absolute Gasteiger partial charge is 0.417 e. The number of hydrogen-bond donors (Lipinski definition) is 1. The lowest BCUT2D eigenvalue weighted by atomic mass is 10.1. The molecular weight excluding hydrogens is 428 g/mol. The molecule has 0 aliphatic carbocycles. The van der Waals surface area contributed by atoms with Gasteiger partial charge in [0.05, 0.1) is 33.6 Å². The molecule has 3 aromatic rings.